The maximum atomic E-state index is 12.6. The van der Waals surface area contributed by atoms with Gasteiger partial charge in [-0.3, -0.25) is 4.79 Å². The van der Waals surface area contributed by atoms with Crippen LogP contribution in [0.1, 0.15) is 37.6 Å². The van der Waals surface area contributed by atoms with Crippen LogP contribution in [0, 0.1) is 5.92 Å². The molecule has 130 valence electrons. The van der Waals surface area contributed by atoms with Crippen molar-refractivity contribution in [3.05, 3.63) is 29.8 Å². The molecule has 0 aliphatic carbocycles. The van der Waals surface area contributed by atoms with Crippen LogP contribution < -0.4 is 5.32 Å². The quantitative estimate of drug-likeness (QED) is 0.790. The van der Waals surface area contributed by atoms with Gasteiger partial charge in [-0.2, -0.15) is 8.78 Å². The number of aliphatic hydroxyl groups excluding tert-OH is 1. The molecule has 0 radical (unpaired) electrons. The fourth-order valence-electron chi connectivity index (χ4n) is 2.06. The fraction of sp³-hybridized carbons (Fsp3) is 0.533. The van der Waals surface area contributed by atoms with Gasteiger partial charge in [0, 0.05) is 5.56 Å². The number of hydrogen-bond donors (Lipinski definition) is 2. The van der Waals surface area contributed by atoms with Gasteiger partial charge in [0.1, 0.15) is 0 Å². The van der Waals surface area contributed by atoms with E-state index in [2.05, 4.69) is 5.32 Å². The van der Waals surface area contributed by atoms with Gasteiger partial charge in [0.15, 0.2) is 0 Å². The lowest BCUT2D eigenvalue weighted by molar-refractivity contribution is 0.0678. The van der Waals surface area contributed by atoms with Gasteiger partial charge in [-0.05, 0) is 30.5 Å². The summed E-state index contributed by atoms with van der Waals surface area (Å²) in [5.74, 6) is -4.25. The lowest BCUT2D eigenvalue weighted by Gasteiger charge is -2.25. The van der Waals surface area contributed by atoms with Crippen molar-refractivity contribution in [2.45, 2.75) is 50.0 Å². The molecular weight excluding hydrogens is 328 g/mol. The van der Waals surface area contributed by atoms with Gasteiger partial charge in [-0.25, -0.2) is 8.42 Å². The van der Waals surface area contributed by atoms with Crippen LogP contribution >= 0.6 is 0 Å². The predicted octanol–water partition coefficient (Wildman–Crippen LogP) is 2.21. The first kappa shape index (κ1) is 19.5. The van der Waals surface area contributed by atoms with Crippen molar-refractivity contribution in [2.24, 2.45) is 5.92 Å². The molecule has 1 amide bonds. The molecule has 2 unspecified atom stereocenters. The van der Waals surface area contributed by atoms with E-state index in [0.29, 0.717) is 6.42 Å². The largest absolute Gasteiger partial charge is 0.391 e. The number of nitrogens with one attached hydrogen (secondary N) is 1. The van der Waals surface area contributed by atoms with E-state index in [-0.39, 0.29) is 11.5 Å². The lowest BCUT2D eigenvalue weighted by atomic mass is 9.97. The highest BCUT2D eigenvalue weighted by molar-refractivity contribution is 7.91. The van der Waals surface area contributed by atoms with E-state index in [0.717, 1.165) is 12.1 Å². The van der Waals surface area contributed by atoms with Crippen molar-refractivity contribution in [1.29, 1.82) is 0 Å². The molecule has 23 heavy (non-hydrogen) atoms. The fourth-order valence-corrected chi connectivity index (χ4v) is 2.83. The molecular formula is C15H21F2NO4S. The van der Waals surface area contributed by atoms with E-state index in [1.54, 1.807) is 20.8 Å². The van der Waals surface area contributed by atoms with Crippen molar-refractivity contribution in [3.63, 3.8) is 0 Å². The molecule has 1 aromatic carbocycles. The van der Waals surface area contributed by atoms with Crippen LogP contribution in [-0.2, 0) is 9.84 Å². The molecule has 0 aromatic heterocycles. The number of amides is 1. The highest BCUT2D eigenvalue weighted by Crippen LogP contribution is 2.19. The number of aliphatic hydroxyl groups is 1. The number of alkyl halides is 2. The molecule has 0 spiro atoms. The smallest absolute Gasteiger partial charge is 0.341 e. The number of halogens is 2. The van der Waals surface area contributed by atoms with Crippen LogP contribution in [0.15, 0.2) is 29.2 Å². The molecule has 1 rings (SSSR count). The molecule has 0 saturated heterocycles. The molecule has 2 atom stereocenters. The SMILES string of the molecule is CCC(NC(=O)c1cccc(S(=O)(=O)C(F)F)c1)C(O)C(C)C. The maximum absolute atomic E-state index is 12.6. The third-order valence-corrected chi connectivity index (χ3v) is 4.89. The predicted molar refractivity (Wildman–Crippen MR) is 82.0 cm³/mol. The minimum Gasteiger partial charge on any atom is -0.391 e. The van der Waals surface area contributed by atoms with Crippen LogP contribution in [0.3, 0.4) is 0 Å². The molecule has 2 N–H and O–H groups in total. The van der Waals surface area contributed by atoms with E-state index in [9.17, 15) is 27.1 Å². The van der Waals surface area contributed by atoms with Crippen LogP contribution in [-0.4, -0.2) is 37.3 Å². The van der Waals surface area contributed by atoms with E-state index in [1.807, 2.05) is 0 Å². The minimum atomic E-state index is -4.76. The summed E-state index contributed by atoms with van der Waals surface area (Å²) in [6.07, 6.45) is -0.294. The highest BCUT2D eigenvalue weighted by atomic mass is 32.2. The van der Waals surface area contributed by atoms with Gasteiger partial charge >= 0.3 is 5.76 Å². The minimum absolute atomic E-state index is 0.0545. The Morgan fingerprint density at radius 2 is 1.91 bits per heavy atom. The lowest BCUT2D eigenvalue weighted by Crippen LogP contribution is -2.45. The zero-order valence-electron chi connectivity index (χ0n) is 13.2. The molecule has 5 nitrogen and oxygen atoms in total. The van der Waals surface area contributed by atoms with Gasteiger partial charge in [0.25, 0.3) is 5.91 Å². The summed E-state index contributed by atoms with van der Waals surface area (Å²) in [5, 5.41) is 12.6. The van der Waals surface area contributed by atoms with Crippen LogP contribution in [0.5, 0.6) is 0 Å². The highest BCUT2D eigenvalue weighted by Gasteiger charge is 2.28. The zero-order valence-corrected chi connectivity index (χ0v) is 14.0. The number of carbonyl (C=O) groups is 1. The first-order valence-electron chi connectivity index (χ1n) is 7.22. The molecule has 0 bridgehead atoms. The second-order valence-electron chi connectivity index (χ2n) is 5.56. The van der Waals surface area contributed by atoms with E-state index >= 15 is 0 Å². The number of carbonyl (C=O) groups excluding carboxylic acids is 1. The Morgan fingerprint density at radius 1 is 1.30 bits per heavy atom. The van der Waals surface area contributed by atoms with E-state index < -0.39 is 38.5 Å². The summed E-state index contributed by atoms with van der Waals surface area (Å²) < 4.78 is 48.1. The molecule has 8 heteroatoms. The van der Waals surface area contributed by atoms with Crippen LogP contribution in [0.2, 0.25) is 0 Å². The van der Waals surface area contributed by atoms with Crippen molar-refractivity contribution in [3.8, 4) is 0 Å². The zero-order chi connectivity index (χ0) is 17.8. The Morgan fingerprint density at radius 3 is 2.39 bits per heavy atom. The Bertz CT molecular complexity index is 647. The Hall–Kier alpha value is -1.54. The van der Waals surface area contributed by atoms with Crippen molar-refractivity contribution in [2.75, 3.05) is 0 Å². The average Bonchev–Trinajstić information content (AvgIpc) is 2.51. The van der Waals surface area contributed by atoms with Crippen LogP contribution in [0.4, 0.5) is 8.78 Å². The maximum Gasteiger partial charge on any atom is 0.341 e. The summed E-state index contributed by atoms with van der Waals surface area (Å²) in [5.41, 5.74) is -0.0545. The monoisotopic (exact) mass is 349 g/mol. The Labute approximate surface area is 134 Å². The third-order valence-electron chi connectivity index (χ3n) is 3.51. The van der Waals surface area contributed by atoms with Gasteiger partial charge in [0.2, 0.25) is 9.84 Å². The first-order chi connectivity index (χ1) is 10.6. The number of sulfone groups is 1. The Balaban J connectivity index is 3.02. The van der Waals surface area contributed by atoms with E-state index in [1.165, 1.54) is 12.1 Å². The average molecular weight is 349 g/mol. The van der Waals surface area contributed by atoms with E-state index in [4.69, 9.17) is 0 Å². The van der Waals surface area contributed by atoms with Gasteiger partial charge in [-0.1, -0.05) is 26.8 Å². The van der Waals surface area contributed by atoms with Crippen molar-refractivity contribution >= 4 is 15.7 Å². The first-order valence-corrected chi connectivity index (χ1v) is 8.77. The Kier molecular flexibility index (Phi) is 6.64. The number of rotatable bonds is 7. The summed E-state index contributed by atoms with van der Waals surface area (Å²) in [6.45, 7) is 5.39. The van der Waals surface area contributed by atoms with Gasteiger partial charge in [-0.15, -0.1) is 0 Å². The molecule has 0 aliphatic rings. The summed E-state index contributed by atoms with van der Waals surface area (Å²) in [7, 11) is -4.76. The second kappa shape index (κ2) is 7.83. The molecule has 0 fully saturated rings. The normalized spacial score (nSPS) is 14.8. The molecule has 0 heterocycles. The standard InChI is InChI=1S/C15H21F2NO4S/c1-4-12(13(19)9(2)3)18-14(20)10-6-5-7-11(8-10)23(21,22)15(16)17/h5-9,12-13,15,19H,4H2,1-3H3,(H,18,20). The van der Waals surface area contributed by atoms with Crippen LogP contribution in [0.25, 0.3) is 0 Å². The van der Waals surface area contributed by atoms with Gasteiger partial charge < -0.3 is 10.4 Å². The number of hydrogen-bond acceptors (Lipinski definition) is 4. The third kappa shape index (κ3) is 4.71. The molecule has 0 saturated carbocycles. The second-order valence-corrected chi connectivity index (χ2v) is 7.47. The summed E-state index contributed by atoms with van der Waals surface area (Å²) in [6, 6.07) is 3.96. The molecule has 0 aliphatic heterocycles. The summed E-state index contributed by atoms with van der Waals surface area (Å²) in [4.78, 5) is 11.6. The molecule has 1 aromatic rings. The number of benzene rings is 1. The van der Waals surface area contributed by atoms with Crippen molar-refractivity contribution < 1.29 is 27.1 Å². The van der Waals surface area contributed by atoms with Crippen molar-refractivity contribution in [1.82, 2.24) is 5.32 Å². The van der Waals surface area contributed by atoms with Gasteiger partial charge in [0.05, 0.1) is 17.0 Å². The summed E-state index contributed by atoms with van der Waals surface area (Å²) >= 11 is 0. The topological polar surface area (TPSA) is 83.5 Å².